The third-order valence-corrected chi connectivity index (χ3v) is 8.94. The molecule has 2 saturated carbocycles. The Labute approximate surface area is 206 Å². The molecule has 0 amide bonds. The van der Waals surface area contributed by atoms with Gasteiger partial charge in [-0.3, -0.25) is 0 Å². The summed E-state index contributed by atoms with van der Waals surface area (Å²) in [6, 6.07) is 0.951. The van der Waals surface area contributed by atoms with Crippen molar-refractivity contribution in [2.45, 2.75) is 103 Å². The van der Waals surface area contributed by atoms with Gasteiger partial charge in [0.1, 0.15) is 5.75 Å². The van der Waals surface area contributed by atoms with Crippen molar-refractivity contribution < 1.29 is 26.7 Å². The van der Waals surface area contributed by atoms with Crippen LogP contribution in [-0.2, 0) is 0 Å². The molecule has 0 bridgehead atoms. The van der Waals surface area contributed by atoms with E-state index in [0.717, 1.165) is 18.8 Å². The summed E-state index contributed by atoms with van der Waals surface area (Å²) in [7, 11) is 0. The van der Waals surface area contributed by atoms with Gasteiger partial charge in [-0.05, 0) is 94.3 Å². The van der Waals surface area contributed by atoms with Crippen LogP contribution in [0.1, 0.15) is 96.8 Å². The van der Waals surface area contributed by atoms with E-state index in [9.17, 15) is 22.0 Å². The van der Waals surface area contributed by atoms with Crippen LogP contribution >= 0.6 is 0 Å². The Hall–Kier alpha value is -1.59. The maximum Gasteiger partial charge on any atom is 0.400 e. The number of halogens is 5. The van der Waals surface area contributed by atoms with Gasteiger partial charge in [-0.15, -0.1) is 0 Å². The fourth-order valence-electron chi connectivity index (χ4n) is 6.75. The standard InChI is InChI=1S/C29H39F5O/c1-2-3-4-19-5-7-20(8-6-19)21-9-11-22(12-10-21)23-13-15-24(16-14-23)29(33,34)35-25-17-26(30)28(32)27(31)18-25/h7,17-19,21-24H,2-6,8-16H2,1H3. The molecule has 0 aliphatic heterocycles. The van der Waals surface area contributed by atoms with Crippen molar-refractivity contribution in [3.05, 3.63) is 41.2 Å². The van der Waals surface area contributed by atoms with Crippen LogP contribution in [0.5, 0.6) is 5.75 Å². The predicted molar refractivity (Wildman–Crippen MR) is 128 cm³/mol. The summed E-state index contributed by atoms with van der Waals surface area (Å²) < 4.78 is 74.0. The van der Waals surface area contributed by atoms with Gasteiger partial charge < -0.3 is 4.74 Å². The van der Waals surface area contributed by atoms with E-state index in [0.29, 0.717) is 42.7 Å². The molecule has 3 aliphatic carbocycles. The van der Waals surface area contributed by atoms with Crippen LogP contribution in [-0.4, -0.2) is 6.11 Å². The molecule has 0 N–H and O–H groups in total. The highest BCUT2D eigenvalue weighted by atomic mass is 19.3. The number of rotatable bonds is 8. The molecule has 1 atom stereocenters. The topological polar surface area (TPSA) is 9.23 Å². The Balaban J connectivity index is 1.23. The summed E-state index contributed by atoms with van der Waals surface area (Å²) in [4.78, 5) is 0. The lowest BCUT2D eigenvalue weighted by Gasteiger charge is -2.40. The van der Waals surface area contributed by atoms with Gasteiger partial charge in [0.25, 0.3) is 0 Å². The first-order chi connectivity index (χ1) is 16.8. The molecule has 35 heavy (non-hydrogen) atoms. The highest BCUT2D eigenvalue weighted by molar-refractivity contribution is 5.25. The molecule has 4 rings (SSSR count). The van der Waals surface area contributed by atoms with Crippen molar-refractivity contribution in [2.75, 3.05) is 0 Å². The minimum atomic E-state index is -3.54. The Morgan fingerprint density at radius 3 is 2.00 bits per heavy atom. The molecule has 1 aromatic carbocycles. The van der Waals surface area contributed by atoms with E-state index in [-0.39, 0.29) is 0 Å². The minimum Gasteiger partial charge on any atom is -0.432 e. The van der Waals surface area contributed by atoms with Crippen LogP contribution in [0, 0.1) is 47.0 Å². The molecule has 0 radical (unpaired) electrons. The number of hydrogen-bond acceptors (Lipinski definition) is 1. The SMILES string of the molecule is CCCCC1CC=C(C2CCC(C3CCC(C(F)(F)Oc4cc(F)c(F)c(F)c4)CC3)CC2)CC1. The third kappa shape index (κ3) is 6.60. The van der Waals surface area contributed by atoms with Crippen LogP contribution < -0.4 is 4.74 Å². The summed E-state index contributed by atoms with van der Waals surface area (Å²) >= 11 is 0. The van der Waals surface area contributed by atoms with Crippen molar-refractivity contribution >= 4 is 0 Å². The normalized spacial score (nSPS) is 30.1. The molecule has 1 unspecified atom stereocenters. The van der Waals surface area contributed by atoms with Gasteiger partial charge >= 0.3 is 6.11 Å². The van der Waals surface area contributed by atoms with Gasteiger partial charge in [-0.1, -0.05) is 37.8 Å². The fourth-order valence-corrected chi connectivity index (χ4v) is 6.75. The summed E-state index contributed by atoms with van der Waals surface area (Å²) in [5.41, 5.74) is 1.67. The molecular formula is C29H39F5O. The van der Waals surface area contributed by atoms with Crippen LogP contribution in [0.3, 0.4) is 0 Å². The monoisotopic (exact) mass is 498 g/mol. The van der Waals surface area contributed by atoms with Crippen molar-refractivity contribution in [3.63, 3.8) is 0 Å². The lowest BCUT2D eigenvalue weighted by atomic mass is 9.67. The maximum atomic E-state index is 14.7. The van der Waals surface area contributed by atoms with Gasteiger partial charge in [0, 0.05) is 12.1 Å². The number of hydrogen-bond donors (Lipinski definition) is 0. The molecule has 6 heteroatoms. The zero-order valence-electron chi connectivity index (χ0n) is 20.8. The molecule has 1 aromatic rings. The van der Waals surface area contributed by atoms with Crippen LogP contribution in [0.25, 0.3) is 0 Å². The number of benzene rings is 1. The van der Waals surface area contributed by atoms with Crippen LogP contribution in [0.4, 0.5) is 22.0 Å². The Bertz CT molecular complexity index is 843. The molecular weight excluding hydrogens is 459 g/mol. The summed E-state index contributed by atoms with van der Waals surface area (Å²) in [5.74, 6) is -3.79. The number of unbranched alkanes of at least 4 members (excludes halogenated alkanes) is 1. The van der Waals surface area contributed by atoms with E-state index in [1.807, 2.05) is 0 Å². The molecule has 2 fully saturated rings. The van der Waals surface area contributed by atoms with Crippen LogP contribution in [0.15, 0.2) is 23.8 Å². The Morgan fingerprint density at radius 1 is 0.857 bits per heavy atom. The second-order valence-corrected chi connectivity index (χ2v) is 11.1. The second-order valence-electron chi connectivity index (χ2n) is 11.1. The smallest absolute Gasteiger partial charge is 0.400 e. The summed E-state index contributed by atoms with van der Waals surface area (Å²) in [6.07, 6.45) is 13.7. The second kappa shape index (κ2) is 11.6. The fraction of sp³-hybridized carbons (Fsp3) is 0.724. The first-order valence-electron chi connectivity index (χ1n) is 13.7. The Morgan fingerprint density at radius 2 is 1.46 bits per heavy atom. The molecule has 0 heterocycles. The van der Waals surface area contributed by atoms with Gasteiger partial charge in [-0.25, -0.2) is 13.2 Å². The number of alkyl halides is 2. The predicted octanol–water partition coefficient (Wildman–Crippen LogP) is 9.60. The van der Waals surface area contributed by atoms with Crippen molar-refractivity contribution in [1.82, 2.24) is 0 Å². The van der Waals surface area contributed by atoms with E-state index < -0.39 is 35.2 Å². The minimum absolute atomic E-state index is 0.327. The van der Waals surface area contributed by atoms with Crippen molar-refractivity contribution in [1.29, 1.82) is 0 Å². The van der Waals surface area contributed by atoms with Gasteiger partial charge in [0.05, 0.1) is 5.92 Å². The average molecular weight is 499 g/mol. The highest BCUT2D eigenvalue weighted by Gasteiger charge is 2.45. The summed E-state index contributed by atoms with van der Waals surface area (Å²) in [6.45, 7) is 2.26. The number of allylic oxidation sites excluding steroid dienone is 2. The number of ether oxygens (including phenoxy) is 1. The van der Waals surface area contributed by atoms with E-state index in [4.69, 9.17) is 0 Å². The zero-order chi connectivity index (χ0) is 25.0. The molecule has 3 aliphatic rings. The maximum absolute atomic E-state index is 14.7. The lowest BCUT2D eigenvalue weighted by molar-refractivity contribution is -0.224. The molecule has 0 spiro atoms. The Kier molecular flexibility index (Phi) is 8.80. The molecule has 0 aromatic heterocycles. The van der Waals surface area contributed by atoms with E-state index in [2.05, 4.69) is 17.7 Å². The van der Waals surface area contributed by atoms with Gasteiger partial charge in [-0.2, -0.15) is 8.78 Å². The van der Waals surface area contributed by atoms with Gasteiger partial charge in [0.2, 0.25) is 0 Å². The first kappa shape index (κ1) is 26.5. The zero-order valence-corrected chi connectivity index (χ0v) is 20.8. The largest absolute Gasteiger partial charge is 0.432 e. The third-order valence-electron chi connectivity index (χ3n) is 8.94. The van der Waals surface area contributed by atoms with E-state index >= 15 is 0 Å². The van der Waals surface area contributed by atoms with Crippen molar-refractivity contribution in [3.8, 4) is 5.75 Å². The quantitative estimate of drug-likeness (QED) is 0.197. The molecule has 196 valence electrons. The lowest BCUT2D eigenvalue weighted by Crippen LogP contribution is -2.38. The highest BCUT2D eigenvalue weighted by Crippen LogP contribution is 2.47. The van der Waals surface area contributed by atoms with E-state index in [1.54, 1.807) is 5.57 Å². The molecule has 0 saturated heterocycles. The average Bonchev–Trinajstić information content (AvgIpc) is 2.86. The summed E-state index contributed by atoms with van der Waals surface area (Å²) in [5, 5.41) is 0. The van der Waals surface area contributed by atoms with Crippen molar-refractivity contribution in [2.24, 2.45) is 29.6 Å². The molecule has 1 nitrogen and oxygen atoms in total. The van der Waals surface area contributed by atoms with Crippen LogP contribution in [0.2, 0.25) is 0 Å². The first-order valence-corrected chi connectivity index (χ1v) is 13.7. The van der Waals surface area contributed by atoms with E-state index in [1.165, 1.54) is 64.2 Å². The van der Waals surface area contributed by atoms with Gasteiger partial charge in [0.15, 0.2) is 17.5 Å².